The van der Waals surface area contributed by atoms with Crippen LogP contribution in [0, 0.1) is 6.92 Å². The molecule has 2 aromatic carbocycles. The van der Waals surface area contributed by atoms with Crippen molar-refractivity contribution in [3.8, 4) is 17.1 Å². The van der Waals surface area contributed by atoms with Gasteiger partial charge >= 0.3 is 0 Å². The highest BCUT2D eigenvalue weighted by Gasteiger charge is 2.26. The lowest BCUT2D eigenvalue weighted by Crippen LogP contribution is -2.36. The zero-order valence-corrected chi connectivity index (χ0v) is 19.9. The van der Waals surface area contributed by atoms with Crippen LogP contribution in [0.3, 0.4) is 0 Å². The normalized spacial score (nSPS) is 14.3. The quantitative estimate of drug-likeness (QED) is 0.558. The Morgan fingerprint density at radius 3 is 2.39 bits per heavy atom. The summed E-state index contributed by atoms with van der Waals surface area (Å²) in [4.78, 5) is 27.4. The number of amides is 1. The predicted octanol–water partition coefficient (Wildman–Crippen LogP) is 4.94. The minimum absolute atomic E-state index is 0.0159. The number of carbonyl (C=O) groups is 1. The van der Waals surface area contributed by atoms with Crippen LogP contribution >= 0.6 is 0 Å². The fourth-order valence-electron chi connectivity index (χ4n) is 4.52. The van der Waals surface area contributed by atoms with Crippen LogP contribution in [0.1, 0.15) is 47.8 Å². The summed E-state index contributed by atoms with van der Waals surface area (Å²) in [5.74, 6) is 2.67. The predicted molar refractivity (Wildman–Crippen MR) is 132 cm³/mol. The van der Waals surface area contributed by atoms with Crippen LogP contribution in [-0.4, -0.2) is 54.1 Å². The molecule has 0 saturated carbocycles. The smallest absolute Gasteiger partial charge is 0.257 e. The molecule has 0 spiro atoms. The molecule has 172 valence electrons. The van der Waals surface area contributed by atoms with Crippen molar-refractivity contribution in [3.05, 3.63) is 71.4 Å². The van der Waals surface area contributed by atoms with Crippen molar-refractivity contribution in [2.45, 2.75) is 33.1 Å². The van der Waals surface area contributed by atoms with E-state index in [0.717, 1.165) is 42.4 Å². The summed E-state index contributed by atoms with van der Waals surface area (Å²) in [6.07, 6.45) is 0.877. The van der Waals surface area contributed by atoms with E-state index in [1.54, 1.807) is 7.11 Å². The summed E-state index contributed by atoms with van der Waals surface area (Å²) >= 11 is 0. The number of rotatable bonds is 5. The number of hydrogen-bond donors (Lipinski definition) is 0. The van der Waals surface area contributed by atoms with Gasteiger partial charge in [-0.1, -0.05) is 56.3 Å². The van der Waals surface area contributed by atoms with E-state index in [4.69, 9.17) is 14.7 Å². The molecule has 1 amide bonds. The van der Waals surface area contributed by atoms with Crippen LogP contribution in [0.5, 0.6) is 5.75 Å². The van der Waals surface area contributed by atoms with Crippen molar-refractivity contribution < 1.29 is 9.53 Å². The Labute approximate surface area is 196 Å². The molecule has 0 radical (unpaired) electrons. The molecule has 3 aromatic rings. The minimum atomic E-state index is 0.0159. The molecule has 0 atom stereocenters. The largest absolute Gasteiger partial charge is 0.496 e. The van der Waals surface area contributed by atoms with Gasteiger partial charge < -0.3 is 14.5 Å². The van der Waals surface area contributed by atoms with Gasteiger partial charge in [-0.3, -0.25) is 4.79 Å². The monoisotopic (exact) mass is 444 g/mol. The first-order valence-electron chi connectivity index (χ1n) is 11.6. The maximum absolute atomic E-state index is 13.2. The van der Waals surface area contributed by atoms with Crippen molar-refractivity contribution >= 4 is 11.7 Å². The zero-order chi connectivity index (χ0) is 23.4. The number of hydrogen-bond acceptors (Lipinski definition) is 5. The third-order valence-electron chi connectivity index (χ3n) is 6.15. The number of carbonyl (C=O) groups excluding carboxylic acids is 1. The van der Waals surface area contributed by atoms with Gasteiger partial charge in [-0.05, 0) is 31.4 Å². The number of benzene rings is 2. The molecule has 33 heavy (non-hydrogen) atoms. The first-order valence-corrected chi connectivity index (χ1v) is 11.6. The van der Waals surface area contributed by atoms with E-state index in [9.17, 15) is 4.79 Å². The molecule has 2 heterocycles. The Morgan fingerprint density at radius 2 is 1.67 bits per heavy atom. The molecule has 1 aromatic heterocycles. The van der Waals surface area contributed by atoms with E-state index in [1.807, 2.05) is 59.5 Å². The van der Waals surface area contributed by atoms with Crippen molar-refractivity contribution in [1.82, 2.24) is 14.9 Å². The molecular formula is C27H32N4O2. The first kappa shape index (κ1) is 22.8. The van der Waals surface area contributed by atoms with Gasteiger partial charge in [-0.2, -0.15) is 0 Å². The molecule has 1 fully saturated rings. The molecule has 1 saturated heterocycles. The molecule has 0 bridgehead atoms. The minimum Gasteiger partial charge on any atom is -0.496 e. The molecule has 1 aliphatic heterocycles. The van der Waals surface area contributed by atoms with Gasteiger partial charge in [0.15, 0.2) is 5.82 Å². The van der Waals surface area contributed by atoms with Gasteiger partial charge in [0.05, 0.1) is 12.7 Å². The molecule has 6 heteroatoms. The van der Waals surface area contributed by atoms with Crippen LogP contribution < -0.4 is 9.64 Å². The Kier molecular flexibility index (Phi) is 6.92. The summed E-state index contributed by atoms with van der Waals surface area (Å²) in [6, 6.07) is 17.5. The second-order valence-corrected chi connectivity index (χ2v) is 8.72. The van der Waals surface area contributed by atoms with Gasteiger partial charge in [0, 0.05) is 43.0 Å². The zero-order valence-electron chi connectivity index (χ0n) is 19.9. The maximum atomic E-state index is 13.2. The number of aromatic nitrogens is 2. The average molecular weight is 445 g/mol. The molecular weight excluding hydrogens is 412 g/mol. The third-order valence-corrected chi connectivity index (χ3v) is 6.15. The molecule has 6 nitrogen and oxygen atoms in total. The molecule has 0 aliphatic carbocycles. The fraction of sp³-hybridized carbons (Fsp3) is 0.370. The Bertz CT molecular complexity index is 1110. The topological polar surface area (TPSA) is 58.6 Å². The van der Waals surface area contributed by atoms with Gasteiger partial charge in [0.2, 0.25) is 0 Å². The van der Waals surface area contributed by atoms with E-state index in [2.05, 4.69) is 25.7 Å². The third kappa shape index (κ3) is 4.85. The Morgan fingerprint density at radius 1 is 0.939 bits per heavy atom. The highest BCUT2D eigenvalue weighted by Crippen LogP contribution is 2.31. The number of methoxy groups -OCH3 is 1. The van der Waals surface area contributed by atoms with E-state index in [0.29, 0.717) is 30.3 Å². The van der Waals surface area contributed by atoms with E-state index >= 15 is 0 Å². The van der Waals surface area contributed by atoms with Crippen LogP contribution in [0.2, 0.25) is 0 Å². The summed E-state index contributed by atoms with van der Waals surface area (Å²) < 4.78 is 5.41. The maximum Gasteiger partial charge on any atom is 0.257 e. The number of anilines is 1. The van der Waals surface area contributed by atoms with Gasteiger partial charge in [-0.25, -0.2) is 9.97 Å². The lowest BCUT2D eigenvalue weighted by atomic mass is 10.0. The van der Waals surface area contributed by atoms with Crippen molar-refractivity contribution in [2.24, 2.45) is 0 Å². The Balaban J connectivity index is 1.62. The standard InChI is InChI=1S/C27H32N4O2/c1-19(2)24-20(3)28-25(21-11-6-5-7-12-21)29-26(24)30-15-10-16-31(18-17-30)27(32)22-13-8-9-14-23(22)33-4/h5-9,11-14,19H,10,15-18H2,1-4H3. The highest BCUT2D eigenvalue weighted by molar-refractivity contribution is 5.97. The van der Waals surface area contributed by atoms with Crippen molar-refractivity contribution in [3.63, 3.8) is 0 Å². The van der Waals surface area contributed by atoms with Gasteiger partial charge in [0.25, 0.3) is 5.91 Å². The number of ether oxygens (including phenoxy) is 1. The van der Waals surface area contributed by atoms with E-state index < -0.39 is 0 Å². The number of para-hydroxylation sites is 1. The van der Waals surface area contributed by atoms with Gasteiger partial charge in [-0.15, -0.1) is 0 Å². The van der Waals surface area contributed by atoms with Crippen molar-refractivity contribution in [1.29, 1.82) is 0 Å². The summed E-state index contributed by atoms with van der Waals surface area (Å²) in [7, 11) is 1.60. The molecule has 0 N–H and O–H groups in total. The molecule has 1 aliphatic rings. The number of nitrogens with zero attached hydrogens (tertiary/aromatic N) is 4. The SMILES string of the molecule is COc1ccccc1C(=O)N1CCCN(c2nc(-c3ccccc3)nc(C)c2C(C)C)CC1. The van der Waals surface area contributed by atoms with Crippen molar-refractivity contribution in [2.75, 3.05) is 38.2 Å². The Hall–Kier alpha value is -3.41. The first-order chi connectivity index (χ1) is 16.0. The summed E-state index contributed by atoms with van der Waals surface area (Å²) in [5.41, 5.74) is 3.82. The molecule has 0 unspecified atom stereocenters. The lowest BCUT2D eigenvalue weighted by molar-refractivity contribution is 0.0763. The van der Waals surface area contributed by atoms with Crippen LogP contribution in [0.4, 0.5) is 5.82 Å². The summed E-state index contributed by atoms with van der Waals surface area (Å²) in [5, 5.41) is 0. The van der Waals surface area contributed by atoms with E-state index in [1.165, 1.54) is 5.56 Å². The second kappa shape index (κ2) is 10.0. The van der Waals surface area contributed by atoms with Crippen LogP contribution in [-0.2, 0) is 0 Å². The van der Waals surface area contributed by atoms with Gasteiger partial charge in [0.1, 0.15) is 11.6 Å². The second-order valence-electron chi connectivity index (χ2n) is 8.72. The summed E-state index contributed by atoms with van der Waals surface area (Å²) in [6.45, 7) is 9.37. The fourth-order valence-corrected chi connectivity index (χ4v) is 4.52. The molecule has 4 rings (SSSR count). The lowest BCUT2D eigenvalue weighted by Gasteiger charge is -2.27. The van der Waals surface area contributed by atoms with E-state index in [-0.39, 0.29) is 5.91 Å². The highest BCUT2D eigenvalue weighted by atomic mass is 16.5. The van der Waals surface area contributed by atoms with Crippen LogP contribution in [0.25, 0.3) is 11.4 Å². The number of aryl methyl sites for hydroxylation is 1. The van der Waals surface area contributed by atoms with Crippen LogP contribution in [0.15, 0.2) is 54.6 Å². The average Bonchev–Trinajstić information content (AvgIpc) is 3.09.